The molecule has 106 valence electrons. The quantitative estimate of drug-likeness (QED) is 0.656. The molecule has 0 amide bonds. The zero-order chi connectivity index (χ0) is 14.7. The zero-order valence-corrected chi connectivity index (χ0v) is 12.5. The molecular formula is C15H15Cl2FN2. The lowest BCUT2D eigenvalue weighted by Crippen LogP contribution is -2.30. The van der Waals surface area contributed by atoms with Gasteiger partial charge in [0.15, 0.2) is 0 Å². The van der Waals surface area contributed by atoms with E-state index in [1.165, 1.54) is 12.1 Å². The number of hydrazine groups is 1. The minimum absolute atomic E-state index is 0.163. The van der Waals surface area contributed by atoms with E-state index in [1.54, 1.807) is 18.2 Å². The number of nitrogens with one attached hydrogen (secondary N) is 1. The van der Waals surface area contributed by atoms with Crippen LogP contribution in [0, 0.1) is 12.7 Å². The standard InChI is InChI=1S/C15H15Cl2FN2/c1-9-6-12(18)4-2-10(9)7-15(20-19)13-5-3-11(16)8-14(13)17/h2-6,8,15,20H,7,19H2,1H3. The molecule has 3 N–H and O–H groups in total. The molecular weight excluding hydrogens is 298 g/mol. The molecule has 20 heavy (non-hydrogen) atoms. The molecule has 2 nitrogen and oxygen atoms in total. The molecule has 0 aliphatic heterocycles. The molecule has 0 aliphatic carbocycles. The van der Waals surface area contributed by atoms with Gasteiger partial charge in [0.25, 0.3) is 0 Å². The van der Waals surface area contributed by atoms with Crippen LogP contribution in [0.2, 0.25) is 10.0 Å². The highest BCUT2D eigenvalue weighted by Crippen LogP contribution is 2.28. The van der Waals surface area contributed by atoms with Crippen molar-refractivity contribution >= 4 is 23.2 Å². The maximum atomic E-state index is 13.1. The summed E-state index contributed by atoms with van der Waals surface area (Å²) in [5, 5.41) is 1.13. The van der Waals surface area contributed by atoms with Crippen molar-refractivity contribution in [1.82, 2.24) is 5.43 Å². The molecule has 1 atom stereocenters. The Hall–Kier alpha value is -1.13. The second-order valence-electron chi connectivity index (χ2n) is 4.66. The molecule has 2 rings (SSSR count). The average Bonchev–Trinajstić information content (AvgIpc) is 2.39. The maximum Gasteiger partial charge on any atom is 0.123 e. The highest BCUT2D eigenvalue weighted by molar-refractivity contribution is 6.35. The van der Waals surface area contributed by atoms with Crippen LogP contribution in [-0.4, -0.2) is 0 Å². The van der Waals surface area contributed by atoms with Crippen molar-refractivity contribution in [2.75, 3.05) is 0 Å². The minimum atomic E-state index is -0.243. The monoisotopic (exact) mass is 312 g/mol. The van der Waals surface area contributed by atoms with Crippen molar-refractivity contribution < 1.29 is 4.39 Å². The van der Waals surface area contributed by atoms with Crippen LogP contribution in [0.25, 0.3) is 0 Å². The number of nitrogens with two attached hydrogens (primary N) is 1. The molecule has 0 aliphatic rings. The third-order valence-electron chi connectivity index (χ3n) is 3.27. The number of hydrogen-bond donors (Lipinski definition) is 2. The van der Waals surface area contributed by atoms with E-state index in [1.807, 2.05) is 13.0 Å². The summed E-state index contributed by atoms with van der Waals surface area (Å²) >= 11 is 12.1. The van der Waals surface area contributed by atoms with Crippen LogP contribution in [0.1, 0.15) is 22.7 Å². The van der Waals surface area contributed by atoms with Gasteiger partial charge in [-0.3, -0.25) is 11.3 Å². The van der Waals surface area contributed by atoms with Crippen LogP contribution in [-0.2, 0) is 6.42 Å². The van der Waals surface area contributed by atoms with E-state index in [-0.39, 0.29) is 11.9 Å². The summed E-state index contributed by atoms with van der Waals surface area (Å²) in [5.41, 5.74) is 5.51. The number of aryl methyl sites for hydroxylation is 1. The van der Waals surface area contributed by atoms with Gasteiger partial charge in [0, 0.05) is 10.0 Å². The summed E-state index contributed by atoms with van der Waals surface area (Å²) < 4.78 is 13.1. The van der Waals surface area contributed by atoms with Crippen LogP contribution in [0.3, 0.4) is 0 Å². The van der Waals surface area contributed by atoms with Crippen molar-refractivity contribution in [2.24, 2.45) is 5.84 Å². The van der Waals surface area contributed by atoms with E-state index < -0.39 is 0 Å². The third kappa shape index (κ3) is 3.49. The van der Waals surface area contributed by atoms with E-state index in [0.29, 0.717) is 16.5 Å². The Morgan fingerprint density at radius 3 is 2.55 bits per heavy atom. The Morgan fingerprint density at radius 2 is 1.95 bits per heavy atom. The Bertz CT molecular complexity index is 617. The topological polar surface area (TPSA) is 38.0 Å². The number of halogens is 3. The van der Waals surface area contributed by atoms with Gasteiger partial charge in [0.1, 0.15) is 5.82 Å². The van der Waals surface area contributed by atoms with Crippen LogP contribution in [0.15, 0.2) is 36.4 Å². The second-order valence-corrected chi connectivity index (χ2v) is 5.50. The highest BCUT2D eigenvalue weighted by Gasteiger charge is 2.15. The summed E-state index contributed by atoms with van der Waals surface area (Å²) in [6.07, 6.45) is 0.615. The van der Waals surface area contributed by atoms with Crippen LogP contribution in [0.4, 0.5) is 4.39 Å². The lowest BCUT2D eigenvalue weighted by atomic mass is 9.96. The van der Waals surface area contributed by atoms with Crippen molar-refractivity contribution in [3.8, 4) is 0 Å². The van der Waals surface area contributed by atoms with Crippen LogP contribution >= 0.6 is 23.2 Å². The molecule has 0 radical (unpaired) electrons. The van der Waals surface area contributed by atoms with Gasteiger partial charge in [-0.2, -0.15) is 0 Å². The lowest BCUT2D eigenvalue weighted by molar-refractivity contribution is 0.549. The van der Waals surface area contributed by atoms with E-state index in [9.17, 15) is 4.39 Å². The first-order valence-electron chi connectivity index (χ1n) is 6.17. The Kier molecular flexibility index (Phi) is 5.00. The van der Waals surface area contributed by atoms with Gasteiger partial charge < -0.3 is 0 Å². The van der Waals surface area contributed by atoms with Gasteiger partial charge in [0.2, 0.25) is 0 Å². The van der Waals surface area contributed by atoms with Gasteiger partial charge in [-0.15, -0.1) is 0 Å². The Morgan fingerprint density at radius 1 is 1.20 bits per heavy atom. The fourth-order valence-electron chi connectivity index (χ4n) is 2.15. The summed E-state index contributed by atoms with van der Waals surface area (Å²) in [6, 6.07) is 9.84. The number of benzene rings is 2. The van der Waals surface area contributed by atoms with Crippen LogP contribution in [0.5, 0.6) is 0 Å². The normalized spacial score (nSPS) is 12.4. The summed E-state index contributed by atoms with van der Waals surface area (Å²) in [6.45, 7) is 1.87. The molecule has 0 heterocycles. The molecule has 0 saturated carbocycles. The smallest absolute Gasteiger partial charge is 0.123 e. The predicted octanol–water partition coefficient (Wildman–Crippen LogP) is 4.19. The van der Waals surface area contributed by atoms with E-state index >= 15 is 0 Å². The molecule has 2 aromatic carbocycles. The molecule has 2 aromatic rings. The van der Waals surface area contributed by atoms with Crippen LogP contribution < -0.4 is 11.3 Å². The summed E-state index contributed by atoms with van der Waals surface area (Å²) in [7, 11) is 0. The van der Waals surface area contributed by atoms with Crippen molar-refractivity contribution in [1.29, 1.82) is 0 Å². The van der Waals surface area contributed by atoms with E-state index in [4.69, 9.17) is 29.0 Å². The fourth-order valence-corrected chi connectivity index (χ4v) is 2.69. The molecule has 0 fully saturated rings. The summed E-state index contributed by atoms with van der Waals surface area (Å²) in [4.78, 5) is 0. The molecule has 1 unspecified atom stereocenters. The van der Waals surface area contributed by atoms with E-state index in [2.05, 4.69) is 5.43 Å². The predicted molar refractivity (Wildman–Crippen MR) is 81.4 cm³/mol. The average molecular weight is 313 g/mol. The molecule has 0 spiro atoms. The van der Waals surface area contributed by atoms with Gasteiger partial charge in [-0.05, 0) is 54.3 Å². The second kappa shape index (κ2) is 6.55. The maximum absolute atomic E-state index is 13.1. The lowest BCUT2D eigenvalue weighted by Gasteiger charge is -2.19. The molecule has 0 aromatic heterocycles. The van der Waals surface area contributed by atoms with Gasteiger partial charge in [-0.1, -0.05) is 35.3 Å². The molecule has 5 heteroatoms. The van der Waals surface area contributed by atoms with E-state index in [0.717, 1.165) is 16.7 Å². The van der Waals surface area contributed by atoms with Crippen molar-refractivity contribution in [2.45, 2.75) is 19.4 Å². The number of rotatable bonds is 4. The first-order chi connectivity index (χ1) is 9.51. The zero-order valence-electron chi connectivity index (χ0n) is 11.0. The molecule has 0 bridgehead atoms. The number of hydrogen-bond acceptors (Lipinski definition) is 2. The van der Waals surface area contributed by atoms with Gasteiger partial charge in [-0.25, -0.2) is 4.39 Å². The summed E-state index contributed by atoms with van der Waals surface area (Å²) in [5.74, 6) is 5.38. The van der Waals surface area contributed by atoms with Gasteiger partial charge in [0.05, 0.1) is 6.04 Å². The molecule has 0 saturated heterocycles. The third-order valence-corrected chi connectivity index (χ3v) is 3.83. The fraction of sp³-hybridized carbons (Fsp3) is 0.200. The Balaban J connectivity index is 2.28. The highest BCUT2D eigenvalue weighted by atomic mass is 35.5. The van der Waals surface area contributed by atoms with Crippen molar-refractivity contribution in [3.05, 3.63) is 69.0 Å². The Labute approximate surface area is 127 Å². The SMILES string of the molecule is Cc1cc(F)ccc1CC(NN)c1ccc(Cl)cc1Cl. The first kappa shape index (κ1) is 15.3. The largest absolute Gasteiger partial charge is 0.271 e. The van der Waals surface area contributed by atoms with Gasteiger partial charge >= 0.3 is 0 Å². The van der Waals surface area contributed by atoms with Crippen molar-refractivity contribution in [3.63, 3.8) is 0 Å². The minimum Gasteiger partial charge on any atom is -0.271 e. The first-order valence-corrected chi connectivity index (χ1v) is 6.93.